The van der Waals surface area contributed by atoms with Crippen LogP contribution in [0.1, 0.15) is 12.5 Å². The molecule has 0 fully saturated rings. The van der Waals surface area contributed by atoms with E-state index in [1.807, 2.05) is 0 Å². The van der Waals surface area contributed by atoms with E-state index in [9.17, 15) is 21.6 Å². The van der Waals surface area contributed by atoms with Gasteiger partial charge < -0.3 is 10.1 Å². The summed E-state index contributed by atoms with van der Waals surface area (Å²) in [6.07, 6.45) is 0.869. The van der Waals surface area contributed by atoms with Crippen molar-refractivity contribution in [1.29, 1.82) is 0 Å². The van der Waals surface area contributed by atoms with Gasteiger partial charge in [0.1, 0.15) is 0 Å². The summed E-state index contributed by atoms with van der Waals surface area (Å²) >= 11 is 0. The van der Waals surface area contributed by atoms with Gasteiger partial charge in [0.2, 0.25) is 20.0 Å². The molecule has 1 rings (SSSR count). The van der Waals surface area contributed by atoms with Crippen molar-refractivity contribution >= 4 is 26.1 Å². The third-order valence-corrected chi connectivity index (χ3v) is 5.51. The minimum Gasteiger partial charge on any atom is -0.450 e. The average molecular weight is 393 g/mol. The number of hydrogen-bond acceptors (Lipinski definition) is 6. The smallest absolute Gasteiger partial charge is 0.407 e. The zero-order valence-corrected chi connectivity index (χ0v) is 15.8. The van der Waals surface area contributed by atoms with E-state index in [-0.39, 0.29) is 31.1 Å². The van der Waals surface area contributed by atoms with E-state index in [4.69, 9.17) is 9.88 Å². The maximum absolute atomic E-state index is 11.8. The van der Waals surface area contributed by atoms with Crippen molar-refractivity contribution in [3.8, 4) is 0 Å². The largest absolute Gasteiger partial charge is 0.450 e. The number of ether oxygens (including phenoxy) is 1. The van der Waals surface area contributed by atoms with Crippen LogP contribution in [-0.4, -0.2) is 59.7 Å². The fourth-order valence-corrected chi connectivity index (χ4v) is 3.37. The lowest BCUT2D eigenvalue weighted by atomic mass is 10.1. The highest BCUT2D eigenvalue weighted by molar-refractivity contribution is 7.89. The number of amides is 1. The van der Waals surface area contributed by atoms with E-state index < -0.39 is 26.1 Å². The molecule has 0 bridgehead atoms. The average Bonchev–Trinajstić information content (AvgIpc) is 2.49. The molecule has 0 aliphatic heterocycles. The fourth-order valence-electron chi connectivity index (χ4n) is 2.01. The molecule has 25 heavy (non-hydrogen) atoms. The Hall–Kier alpha value is -1.69. The molecule has 0 aromatic heterocycles. The van der Waals surface area contributed by atoms with Gasteiger partial charge in [-0.1, -0.05) is 12.1 Å². The van der Waals surface area contributed by atoms with Crippen LogP contribution in [-0.2, 0) is 31.2 Å². The van der Waals surface area contributed by atoms with Gasteiger partial charge in [0, 0.05) is 19.6 Å². The van der Waals surface area contributed by atoms with Crippen LogP contribution in [0.5, 0.6) is 0 Å². The van der Waals surface area contributed by atoms with Crippen molar-refractivity contribution in [2.75, 3.05) is 32.5 Å². The molecule has 1 amide bonds. The Morgan fingerprint density at radius 2 is 1.76 bits per heavy atom. The molecule has 0 atom stereocenters. The molecule has 142 valence electrons. The maximum atomic E-state index is 11.8. The lowest BCUT2D eigenvalue weighted by Crippen LogP contribution is -2.39. The molecule has 0 spiro atoms. The molecule has 0 aliphatic rings. The Morgan fingerprint density at radius 3 is 2.24 bits per heavy atom. The first-order valence-corrected chi connectivity index (χ1v) is 10.9. The predicted molar refractivity (Wildman–Crippen MR) is 93.0 cm³/mol. The lowest BCUT2D eigenvalue weighted by Gasteiger charge is -2.20. The van der Waals surface area contributed by atoms with E-state index in [0.29, 0.717) is 6.42 Å². The highest BCUT2D eigenvalue weighted by atomic mass is 32.2. The molecular weight excluding hydrogens is 370 g/mol. The number of rotatable bonds is 9. The lowest BCUT2D eigenvalue weighted by molar-refractivity contribution is 0.151. The van der Waals surface area contributed by atoms with E-state index in [2.05, 4.69) is 5.32 Å². The number of nitrogens with two attached hydrogens (primary N) is 1. The monoisotopic (exact) mass is 393 g/mol. The fraction of sp³-hybridized carbons (Fsp3) is 0.500. The zero-order chi connectivity index (χ0) is 19.1. The quantitative estimate of drug-likeness (QED) is 0.600. The molecule has 0 unspecified atom stereocenters. The van der Waals surface area contributed by atoms with E-state index in [0.717, 1.165) is 11.8 Å². The molecule has 0 saturated heterocycles. The first kappa shape index (κ1) is 21.4. The molecule has 0 saturated carbocycles. The molecule has 0 radical (unpaired) electrons. The first-order valence-electron chi connectivity index (χ1n) is 7.51. The molecule has 1 aromatic carbocycles. The van der Waals surface area contributed by atoms with Crippen molar-refractivity contribution in [2.45, 2.75) is 18.2 Å². The molecule has 9 nitrogen and oxygen atoms in total. The Bertz CT molecular complexity index is 775. The summed E-state index contributed by atoms with van der Waals surface area (Å²) in [7, 11) is -7.21. The van der Waals surface area contributed by atoms with Gasteiger partial charge in [0.15, 0.2) is 0 Å². The van der Waals surface area contributed by atoms with Crippen LogP contribution in [0.25, 0.3) is 0 Å². The molecular formula is C14H23N3O6S2. The number of nitrogens with one attached hydrogen (secondary N) is 1. The summed E-state index contributed by atoms with van der Waals surface area (Å²) in [5.74, 6) is 0. The number of alkyl carbamates (subject to hydrolysis) is 1. The van der Waals surface area contributed by atoms with Gasteiger partial charge in [-0.15, -0.1) is 0 Å². The Kier molecular flexibility index (Phi) is 7.80. The number of primary sulfonamides is 1. The van der Waals surface area contributed by atoms with Crippen molar-refractivity contribution < 1.29 is 26.4 Å². The summed E-state index contributed by atoms with van der Waals surface area (Å²) in [6, 6.07) is 5.91. The summed E-state index contributed by atoms with van der Waals surface area (Å²) in [5.41, 5.74) is 0.763. The number of benzene rings is 1. The van der Waals surface area contributed by atoms with Gasteiger partial charge in [0.05, 0.1) is 17.8 Å². The Labute approximate surface area is 148 Å². The molecule has 1 aromatic rings. The van der Waals surface area contributed by atoms with Crippen LogP contribution in [0.3, 0.4) is 0 Å². The van der Waals surface area contributed by atoms with Gasteiger partial charge >= 0.3 is 6.09 Å². The van der Waals surface area contributed by atoms with Crippen LogP contribution in [0, 0.1) is 0 Å². The Balaban J connectivity index is 2.63. The van der Waals surface area contributed by atoms with E-state index in [1.54, 1.807) is 19.1 Å². The third-order valence-electron chi connectivity index (χ3n) is 3.28. The second-order valence-corrected chi connectivity index (χ2v) is 8.79. The van der Waals surface area contributed by atoms with Crippen LogP contribution in [0.2, 0.25) is 0 Å². The highest BCUT2D eigenvalue weighted by Gasteiger charge is 2.17. The van der Waals surface area contributed by atoms with Crippen molar-refractivity contribution in [2.24, 2.45) is 5.14 Å². The normalized spacial score (nSPS) is 12.2. The standard InChI is InChI=1S/C14H23N3O6S2/c1-3-23-14(18)16-9-11-17(24(2,19)20)10-8-12-4-6-13(7-5-12)25(15,21)22/h4-7H,3,8-11H2,1-2H3,(H,16,18)(H2,15,21,22). The number of sulfonamides is 2. The van der Waals surface area contributed by atoms with Gasteiger partial charge in [-0.2, -0.15) is 0 Å². The minimum atomic E-state index is -3.76. The summed E-state index contributed by atoms with van der Waals surface area (Å²) < 4.78 is 52.0. The van der Waals surface area contributed by atoms with Gasteiger partial charge in [-0.3, -0.25) is 0 Å². The molecule has 0 heterocycles. The van der Waals surface area contributed by atoms with E-state index >= 15 is 0 Å². The summed E-state index contributed by atoms with van der Waals surface area (Å²) in [5, 5.41) is 7.49. The summed E-state index contributed by atoms with van der Waals surface area (Å²) in [4.78, 5) is 11.2. The van der Waals surface area contributed by atoms with Crippen LogP contribution < -0.4 is 10.5 Å². The highest BCUT2D eigenvalue weighted by Crippen LogP contribution is 2.10. The van der Waals surface area contributed by atoms with Gasteiger partial charge in [0.25, 0.3) is 0 Å². The third kappa shape index (κ3) is 7.82. The molecule has 11 heteroatoms. The molecule has 3 N–H and O–H groups in total. The number of carbonyl (C=O) groups excluding carboxylic acids is 1. The van der Waals surface area contributed by atoms with Gasteiger partial charge in [-0.05, 0) is 31.0 Å². The van der Waals surface area contributed by atoms with E-state index in [1.165, 1.54) is 16.4 Å². The number of carbonyl (C=O) groups is 1. The van der Waals surface area contributed by atoms with Gasteiger partial charge in [-0.25, -0.2) is 31.1 Å². The molecule has 0 aliphatic carbocycles. The SMILES string of the molecule is CCOC(=O)NCCN(CCc1ccc(S(N)(=O)=O)cc1)S(C)(=O)=O. The Morgan fingerprint density at radius 1 is 1.16 bits per heavy atom. The van der Waals surface area contributed by atoms with Crippen LogP contribution in [0.15, 0.2) is 29.2 Å². The maximum Gasteiger partial charge on any atom is 0.407 e. The predicted octanol–water partition coefficient (Wildman–Crippen LogP) is -0.116. The summed E-state index contributed by atoms with van der Waals surface area (Å²) in [6.45, 7) is 2.32. The number of hydrogen-bond donors (Lipinski definition) is 2. The minimum absolute atomic E-state index is 0.00476. The second kappa shape index (κ2) is 9.13. The first-order chi connectivity index (χ1) is 11.5. The van der Waals surface area contributed by atoms with Crippen molar-refractivity contribution in [3.05, 3.63) is 29.8 Å². The van der Waals surface area contributed by atoms with Crippen molar-refractivity contribution in [3.63, 3.8) is 0 Å². The van der Waals surface area contributed by atoms with Crippen LogP contribution >= 0.6 is 0 Å². The van der Waals surface area contributed by atoms with Crippen LogP contribution in [0.4, 0.5) is 4.79 Å². The zero-order valence-electron chi connectivity index (χ0n) is 14.1. The number of nitrogens with zero attached hydrogens (tertiary/aromatic N) is 1. The second-order valence-electron chi connectivity index (χ2n) is 5.25. The van der Waals surface area contributed by atoms with Crippen molar-refractivity contribution in [1.82, 2.24) is 9.62 Å². The topological polar surface area (TPSA) is 136 Å².